The minimum atomic E-state index is -0.514. The van der Waals surface area contributed by atoms with Gasteiger partial charge in [-0.05, 0) is 138 Å². The lowest BCUT2D eigenvalue weighted by Crippen LogP contribution is -2.47. The Bertz CT molecular complexity index is 2510. The van der Waals surface area contributed by atoms with Gasteiger partial charge >= 0.3 is 5.97 Å². The van der Waals surface area contributed by atoms with Gasteiger partial charge in [-0.2, -0.15) is 0 Å². The normalized spacial score (nSPS) is 16.9. The number of benzene rings is 3. The highest BCUT2D eigenvalue weighted by Gasteiger charge is 2.33. The van der Waals surface area contributed by atoms with Crippen molar-refractivity contribution in [2.75, 3.05) is 103 Å². The molecule has 73 heavy (non-hydrogen) atoms. The number of likely N-dealkylation sites (tertiary alicyclic amines) is 1. The molecular formula is C57H75N7O9. The fourth-order valence-corrected chi connectivity index (χ4v) is 9.68. The first-order valence-electron chi connectivity index (χ1n) is 26.1. The fourth-order valence-electron chi connectivity index (χ4n) is 9.68. The van der Waals surface area contributed by atoms with Gasteiger partial charge in [-0.3, -0.25) is 33.9 Å². The zero-order chi connectivity index (χ0) is 51.7. The predicted molar refractivity (Wildman–Crippen MR) is 282 cm³/mol. The molecule has 1 aromatic heterocycles. The molecule has 0 bridgehead atoms. The smallest absolute Gasteiger partial charge is 0.308 e. The molecule has 16 nitrogen and oxygen atoms in total. The maximum Gasteiger partial charge on any atom is 0.308 e. The van der Waals surface area contributed by atoms with Crippen LogP contribution in [0.15, 0.2) is 85.1 Å². The number of pyridine rings is 1. The number of ether oxygens (including phenoxy) is 4. The molecule has 7 rings (SSSR count). The minimum Gasteiger partial charge on any atom is -0.460 e. The summed E-state index contributed by atoms with van der Waals surface area (Å²) in [4.78, 5) is 79.6. The molecule has 2 fully saturated rings. The number of esters is 1. The second kappa shape index (κ2) is 26.7. The van der Waals surface area contributed by atoms with Crippen LogP contribution in [0.4, 0.5) is 11.4 Å². The Kier molecular flexibility index (Phi) is 19.9. The molecule has 4 aromatic rings. The van der Waals surface area contributed by atoms with Gasteiger partial charge < -0.3 is 44.3 Å². The van der Waals surface area contributed by atoms with E-state index in [0.29, 0.717) is 86.3 Å². The van der Waals surface area contributed by atoms with Crippen molar-refractivity contribution in [3.8, 4) is 11.3 Å². The van der Waals surface area contributed by atoms with E-state index in [2.05, 4.69) is 32.6 Å². The number of carbonyl (C=O) groups excluding carboxylic acids is 5. The van der Waals surface area contributed by atoms with Crippen LogP contribution in [0.25, 0.3) is 11.3 Å². The average Bonchev–Trinajstić information content (AvgIpc) is 3.87. The number of aryl methyl sites for hydroxylation is 1. The van der Waals surface area contributed by atoms with E-state index in [0.717, 1.165) is 75.8 Å². The Hall–Kier alpha value is -6.20. The summed E-state index contributed by atoms with van der Waals surface area (Å²) in [7, 11) is 3.52. The van der Waals surface area contributed by atoms with Crippen molar-refractivity contribution in [2.45, 2.75) is 96.2 Å². The maximum absolute atomic E-state index is 14.1. The van der Waals surface area contributed by atoms with Crippen LogP contribution in [0, 0.1) is 0 Å². The lowest BCUT2D eigenvalue weighted by atomic mass is 9.87. The van der Waals surface area contributed by atoms with Crippen molar-refractivity contribution in [2.24, 2.45) is 0 Å². The van der Waals surface area contributed by atoms with E-state index in [1.807, 2.05) is 51.1 Å². The van der Waals surface area contributed by atoms with Crippen molar-refractivity contribution in [3.63, 3.8) is 0 Å². The number of nitrogens with zero attached hydrogens (tertiary/aromatic N) is 5. The van der Waals surface area contributed by atoms with Gasteiger partial charge in [0.1, 0.15) is 5.60 Å². The third-order valence-corrected chi connectivity index (χ3v) is 13.6. The number of hydrogen-bond donors (Lipinski definition) is 2. The Balaban J connectivity index is 0.895. The molecule has 3 heterocycles. The summed E-state index contributed by atoms with van der Waals surface area (Å²) in [5, 5.41) is 6.38. The van der Waals surface area contributed by atoms with E-state index in [4.69, 9.17) is 23.9 Å². The third-order valence-electron chi connectivity index (χ3n) is 13.6. The number of aromatic nitrogens is 1. The summed E-state index contributed by atoms with van der Waals surface area (Å²) in [6, 6.07) is 24.1. The van der Waals surface area contributed by atoms with E-state index >= 15 is 0 Å². The van der Waals surface area contributed by atoms with Crippen LogP contribution in [0.1, 0.15) is 120 Å². The minimum absolute atomic E-state index is 0.0213. The van der Waals surface area contributed by atoms with Gasteiger partial charge in [0.15, 0.2) is 0 Å². The van der Waals surface area contributed by atoms with E-state index in [1.54, 1.807) is 66.5 Å². The van der Waals surface area contributed by atoms with Crippen LogP contribution in [0.3, 0.4) is 0 Å². The number of piperidine rings is 1. The Morgan fingerprint density at radius 2 is 1.42 bits per heavy atom. The molecule has 2 N–H and O–H groups in total. The predicted octanol–water partition coefficient (Wildman–Crippen LogP) is 7.58. The molecule has 3 aromatic carbocycles. The van der Waals surface area contributed by atoms with Crippen LogP contribution in [0.5, 0.6) is 0 Å². The summed E-state index contributed by atoms with van der Waals surface area (Å²) in [5.41, 5.74) is 5.91. The van der Waals surface area contributed by atoms with Gasteiger partial charge in [0, 0.05) is 81.0 Å². The number of nitrogens with one attached hydrogen (secondary N) is 2. The summed E-state index contributed by atoms with van der Waals surface area (Å²) < 4.78 is 22.0. The molecule has 392 valence electrons. The molecule has 2 aliphatic heterocycles. The second-order valence-electron chi connectivity index (χ2n) is 20.2. The first-order valence-corrected chi connectivity index (χ1v) is 26.1. The van der Waals surface area contributed by atoms with Gasteiger partial charge in [-0.25, -0.2) is 0 Å². The standard InChI is InChI=1S/C57H75N7O9/c1-57(2,3)73-52(65)24-32-70-34-36-72-37-35-71-33-31-62(5)56(69)51-20-13-28-64(51)30-29-61(4)55(68)44-17-11-16-42(38-44)53(66)60-49-22-21-45(63-26-9-6-10-27-63)40-47(49)50-39-43(23-25-58-50)54(67)59-48-19-12-15-41-14-7-8-18-46(41)48/h7-8,11,14,16-18,21-23,25,38-40,48,51H,6,9-10,12-13,15,19-20,24,26-37H2,1-5H3,(H,59,67)(H,60,66)/t48-,51-/m0/s1. The molecule has 0 spiro atoms. The molecular weight excluding hydrogens is 927 g/mol. The average molecular weight is 1000 g/mol. The highest BCUT2D eigenvalue weighted by Crippen LogP contribution is 2.34. The van der Waals surface area contributed by atoms with E-state index in [9.17, 15) is 24.0 Å². The van der Waals surface area contributed by atoms with Crippen LogP contribution < -0.4 is 15.5 Å². The number of anilines is 2. The summed E-state index contributed by atoms with van der Waals surface area (Å²) in [6.45, 7) is 11.6. The van der Waals surface area contributed by atoms with Crippen molar-refractivity contribution < 1.29 is 42.9 Å². The fraction of sp³-hybridized carbons (Fsp3) is 0.509. The molecule has 16 heteroatoms. The van der Waals surface area contributed by atoms with E-state index in [-0.39, 0.29) is 54.7 Å². The molecule has 2 atom stereocenters. The Morgan fingerprint density at radius 3 is 2.21 bits per heavy atom. The molecule has 0 saturated carbocycles. The lowest BCUT2D eigenvalue weighted by Gasteiger charge is -2.29. The van der Waals surface area contributed by atoms with Gasteiger partial charge in [0.2, 0.25) is 5.91 Å². The highest BCUT2D eigenvalue weighted by molar-refractivity contribution is 6.08. The monoisotopic (exact) mass is 1000 g/mol. The Morgan fingerprint density at radius 1 is 0.699 bits per heavy atom. The maximum atomic E-state index is 14.1. The number of carbonyl (C=O) groups is 5. The first kappa shape index (κ1) is 54.6. The van der Waals surface area contributed by atoms with Crippen LogP contribution in [-0.4, -0.2) is 154 Å². The van der Waals surface area contributed by atoms with Gasteiger partial charge in [-0.15, -0.1) is 0 Å². The summed E-state index contributed by atoms with van der Waals surface area (Å²) in [6.07, 6.45) is 9.72. The third kappa shape index (κ3) is 15.9. The quantitative estimate of drug-likeness (QED) is 0.0553. The number of rotatable bonds is 23. The van der Waals surface area contributed by atoms with Gasteiger partial charge in [-0.1, -0.05) is 30.3 Å². The van der Waals surface area contributed by atoms with Crippen molar-refractivity contribution in [1.29, 1.82) is 0 Å². The zero-order valence-electron chi connectivity index (χ0n) is 43.5. The van der Waals surface area contributed by atoms with Crippen molar-refractivity contribution in [3.05, 3.63) is 113 Å². The molecule has 4 amide bonds. The highest BCUT2D eigenvalue weighted by atomic mass is 16.6. The van der Waals surface area contributed by atoms with Gasteiger partial charge in [0.05, 0.1) is 69.5 Å². The molecule has 0 radical (unpaired) electrons. The molecule has 1 aliphatic carbocycles. The number of hydrogen-bond acceptors (Lipinski definition) is 12. The topological polar surface area (TPSA) is 172 Å². The lowest BCUT2D eigenvalue weighted by molar-refractivity contribution is -0.156. The number of likely N-dealkylation sites (N-methyl/N-ethyl adjacent to an activating group) is 2. The molecule has 0 unspecified atom stereocenters. The first-order chi connectivity index (χ1) is 35.2. The van der Waals surface area contributed by atoms with Crippen LogP contribution in [0.2, 0.25) is 0 Å². The largest absolute Gasteiger partial charge is 0.460 e. The molecule has 2 saturated heterocycles. The van der Waals surface area contributed by atoms with Crippen LogP contribution >= 0.6 is 0 Å². The van der Waals surface area contributed by atoms with Crippen LogP contribution in [-0.2, 0) is 35.0 Å². The molecule has 3 aliphatic rings. The summed E-state index contributed by atoms with van der Waals surface area (Å²) >= 11 is 0. The Labute approximate surface area is 431 Å². The zero-order valence-corrected chi connectivity index (χ0v) is 43.5. The second-order valence-corrected chi connectivity index (χ2v) is 20.2. The number of fused-ring (bicyclic) bond motifs is 1. The van der Waals surface area contributed by atoms with Gasteiger partial charge in [0.25, 0.3) is 17.7 Å². The van der Waals surface area contributed by atoms with Crippen molar-refractivity contribution >= 4 is 41.0 Å². The van der Waals surface area contributed by atoms with Crippen molar-refractivity contribution in [1.82, 2.24) is 25.0 Å². The SMILES string of the molecule is CN(CCN1CCC[C@H]1C(=O)N(C)CCOCCOCCOCCC(=O)OC(C)(C)C)C(=O)c1cccc(C(=O)Nc2ccc(N3CCCCC3)cc2-c2cc(C(=O)N[C@H]3CCCc4ccccc43)ccn2)c1. The van der Waals surface area contributed by atoms with E-state index in [1.165, 1.54) is 12.0 Å². The summed E-state index contributed by atoms with van der Waals surface area (Å²) in [5.74, 6) is -1.07. The van der Waals surface area contributed by atoms with E-state index < -0.39 is 5.60 Å². The number of amides is 4.